The van der Waals surface area contributed by atoms with Gasteiger partial charge in [0, 0.05) is 6.07 Å². The highest BCUT2D eigenvalue weighted by atomic mass is 35.5. The van der Waals surface area contributed by atoms with Crippen LogP contribution in [0.1, 0.15) is 10.4 Å². The Labute approximate surface area is 156 Å². The van der Waals surface area contributed by atoms with Crippen LogP contribution in [0, 0.1) is 0 Å². The number of halogens is 1. The fourth-order valence-corrected chi connectivity index (χ4v) is 2.51. The third-order valence-electron chi connectivity index (χ3n) is 3.59. The van der Waals surface area contributed by atoms with E-state index in [2.05, 4.69) is 15.5 Å². The van der Waals surface area contributed by atoms with Crippen LogP contribution in [0.5, 0.6) is 5.75 Å². The molecule has 0 unspecified atom stereocenters. The van der Waals surface area contributed by atoms with E-state index in [1.165, 1.54) is 7.11 Å². The molecule has 130 valence electrons. The van der Waals surface area contributed by atoms with Gasteiger partial charge in [0.2, 0.25) is 0 Å². The number of anilines is 1. The summed E-state index contributed by atoms with van der Waals surface area (Å²) >= 11 is 6.06. The Kier molecular flexibility index (Phi) is 5.61. The Bertz CT molecular complexity index is 943. The van der Waals surface area contributed by atoms with Gasteiger partial charge in [-0.2, -0.15) is 10.2 Å². The summed E-state index contributed by atoms with van der Waals surface area (Å²) in [5.74, 6) is 0.169. The quantitative estimate of drug-likeness (QED) is 0.562. The molecule has 1 amide bonds. The molecule has 0 aliphatic heterocycles. The maximum Gasteiger partial charge on any atom is 0.257 e. The van der Waals surface area contributed by atoms with E-state index in [1.807, 2.05) is 30.3 Å². The molecule has 0 aliphatic carbocycles. The molecule has 3 aromatic carbocycles. The fourth-order valence-electron chi connectivity index (χ4n) is 2.29. The average Bonchev–Trinajstić information content (AvgIpc) is 2.68. The smallest absolute Gasteiger partial charge is 0.257 e. The molecule has 5 nitrogen and oxygen atoms in total. The molecule has 1 N–H and O–H groups in total. The van der Waals surface area contributed by atoms with E-state index in [0.29, 0.717) is 27.7 Å². The van der Waals surface area contributed by atoms with E-state index in [4.69, 9.17) is 16.3 Å². The Morgan fingerprint density at radius 3 is 2.35 bits per heavy atom. The van der Waals surface area contributed by atoms with Gasteiger partial charge in [-0.25, -0.2) is 0 Å². The summed E-state index contributed by atoms with van der Waals surface area (Å²) < 4.78 is 5.36. The van der Waals surface area contributed by atoms with Gasteiger partial charge in [-0.3, -0.25) is 4.79 Å². The molecule has 0 fully saturated rings. The van der Waals surface area contributed by atoms with Crippen molar-refractivity contribution in [2.24, 2.45) is 10.2 Å². The summed E-state index contributed by atoms with van der Waals surface area (Å²) in [4.78, 5) is 12.4. The molecule has 0 saturated carbocycles. The number of methoxy groups -OCH3 is 1. The highest BCUT2D eigenvalue weighted by Crippen LogP contribution is 2.31. The summed E-state index contributed by atoms with van der Waals surface area (Å²) in [5, 5.41) is 11.5. The highest BCUT2D eigenvalue weighted by Gasteiger charge is 2.13. The number of ether oxygens (including phenoxy) is 1. The van der Waals surface area contributed by atoms with E-state index in [1.54, 1.807) is 42.5 Å². The third-order valence-corrected chi connectivity index (χ3v) is 3.92. The van der Waals surface area contributed by atoms with E-state index in [-0.39, 0.29) is 5.91 Å². The van der Waals surface area contributed by atoms with Gasteiger partial charge in [0.25, 0.3) is 5.91 Å². The van der Waals surface area contributed by atoms with Crippen LogP contribution in [0.2, 0.25) is 5.02 Å². The minimum atomic E-state index is -0.312. The molecule has 26 heavy (non-hydrogen) atoms. The van der Waals surface area contributed by atoms with Gasteiger partial charge >= 0.3 is 0 Å². The normalized spacial score (nSPS) is 10.7. The number of benzene rings is 3. The van der Waals surface area contributed by atoms with Crippen LogP contribution < -0.4 is 10.1 Å². The SMILES string of the molecule is COc1cc(N=Nc2ccccc2)ccc1NC(=O)c1ccccc1Cl. The zero-order valence-electron chi connectivity index (χ0n) is 14.0. The lowest BCUT2D eigenvalue weighted by molar-refractivity contribution is 0.102. The summed E-state index contributed by atoms with van der Waals surface area (Å²) in [6, 6.07) is 21.4. The number of nitrogens with zero attached hydrogens (tertiary/aromatic N) is 2. The Hall–Kier alpha value is -3.18. The zero-order chi connectivity index (χ0) is 18.4. The molecule has 0 heterocycles. The number of rotatable bonds is 5. The van der Waals surface area contributed by atoms with E-state index in [0.717, 1.165) is 5.69 Å². The van der Waals surface area contributed by atoms with Crippen LogP contribution in [0.4, 0.5) is 17.1 Å². The van der Waals surface area contributed by atoms with Gasteiger partial charge in [-0.15, -0.1) is 0 Å². The zero-order valence-corrected chi connectivity index (χ0v) is 14.8. The number of azo groups is 1. The van der Waals surface area contributed by atoms with Crippen molar-refractivity contribution in [3.05, 3.63) is 83.4 Å². The predicted octanol–water partition coefficient (Wildman–Crippen LogP) is 6.02. The first-order valence-electron chi connectivity index (χ1n) is 7.88. The average molecular weight is 366 g/mol. The Morgan fingerprint density at radius 1 is 0.923 bits per heavy atom. The molecule has 0 spiro atoms. The van der Waals surface area contributed by atoms with Crippen molar-refractivity contribution in [2.75, 3.05) is 12.4 Å². The summed E-state index contributed by atoms with van der Waals surface area (Å²) in [5.41, 5.74) is 2.28. The van der Waals surface area contributed by atoms with Gasteiger partial charge < -0.3 is 10.1 Å². The van der Waals surface area contributed by atoms with Crippen molar-refractivity contribution in [3.8, 4) is 5.75 Å². The first-order valence-corrected chi connectivity index (χ1v) is 8.26. The van der Waals surface area contributed by atoms with Crippen LogP contribution in [-0.4, -0.2) is 13.0 Å². The molecule has 3 rings (SSSR count). The van der Waals surface area contributed by atoms with Gasteiger partial charge in [-0.1, -0.05) is 41.9 Å². The third kappa shape index (κ3) is 4.26. The van der Waals surface area contributed by atoms with Crippen molar-refractivity contribution in [1.29, 1.82) is 0 Å². The lowest BCUT2D eigenvalue weighted by Gasteiger charge is -2.11. The Morgan fingerprint density at radius 2 is 1.62 bits per heavy atom. The second-order valence-corrected chi connectivity index (χ2v) is 5.76. The van der Waals surface area contributed by atoms with Crippen LogP contribution in [-0.2, 0) is 0 Å². The van der Waals surface area contributed by atoms with Gasteiger partial charge in [0.05, 0.1) is 34.8 Å². The first kappa shape index (κ1) is 17.6. The predicted molar refractivity (Wildman–Crippen MR) is 103 cm³/mol. The second-order valence-electron chi connectivity index (χ2n) is 5.35. The summed E-state index contributed by atoms with van der Waals surface area (Å²) in [6.45, 7) is 0. The van der Waals surface area contributed by atoms with Gasteiger partial charge in [-0.05, 0) is 36.4 Å². The molecule has 0 atom stereocenters. The standard InChI is InChI=1S/C20H16ClN3O2/c1-26-19-13-15(24-23-14-7-3-2-4-8-14)11-12-18(19)22-20(25)16-9-5-6-10-17(16)21/h2-13H,1H3,(H,22,25). The number of carbonyl (C=O) groups is 1. The molecule has 0 radical (unpaired) electrons. The van der Waals surface area contributed by atoms with Crippen molar-refractivity contribution < 1.29 is 9.53 Å². The molecule has 0 aliphatic rings. The second kappa shape index (κ2) is 8.27. The largest absolute Gasteiger partial charge is 0.494 e. The van der Waals surface area contributed by atoms with Crippen LogP contribution in [0.25, 0.3) is 0 Å². The lowest BCUT2D eigenvalue weighted by Crippen LogP contribution is -2.13. The number of carbonyl (C=O) groups excluding carboxylic acids is 1. The highest BCUT2D eigenvalue weighted by molar-refractivity contribution is 6.34. The molecule has 3 aromatic rings. The van der Waals surface area contributed by atoms with Crippen molar-refractivity contribution in [3.63, 3.8) is 0 Å². The molecular weight excluding hydrogens is 350 g/mol. The lowest BCUT2D eigenvalue weighted by atomic mass is 10.2. The van der Waals surface area contributed by atoms with Crippen molar-refractivity contribution >= 4 is 34.6 Å². The molecule has 0 saturated heterocycles. The maximum absolute atomic E-state index is 12.4. The van der Waals surface area contributed by atoms with Crippen LogP contribution >= 0.6 is 11.6 Å². The van der Waals surface area contributed by atoms with Crippen molar-refractivity contribution in [1.82, 2.24) is 0 Å². The Balaban J connectivity index is 1.80. The molecule has 6 heteroatoms. The van der Waals surface area contributed by atoms with Crippen LogP contribution in [0.3, 0.4) is 0 Å². The minimum absolute atomic E-state index is 0.312. The maximum atomic E-state index is 12.4. The van der Waals surface area contributed by atoms with Gasteiger partial charge in [0.1, 0.15) is 5.75 Å². The number of hydrogen-bond donors (Lipinski definition) is 1. The summed E-state index contributed by atoms with van der Waals surface area (Å²) in [7, 11) is 1.53. The molecular formula is C20H16ClN3O2. The number of amides is 1. The number of nitrogens with one attached hydrogen (secondary N) is 1. The first-order chi connectivity index (χ1) is 12.7. The van der Waals surface area contributed by atoms with E-state index < -0.39 is 0 Å². The topological polar surface area (TPSA) is 63.1 Å². The number of hydrogen-bond acceptors (Lipinski definition) is 4. The summed E-state index contributed by atoms with van der Waals surface area (Å²) in [6.07, 6.45) is 0. The minimum Gasteiger partial charge on any atom is -0.494 e. The molecule has 0 bridgehead atoms. The molecule has 0 aromatic heterocycles. The monoisotopic (exact) mass is 365 g/mol. The van der Waals surface area contributed by atoms with Crippen LogP contribution in [0.15, 0.2) is 83.0 Å². The van der Waals surface area contributed by atoms with E-state index >= 15 is 0 Å². The van der Waals surface area contributed by atoms with E-state index in [9.17, 15) is 4.79 Å². The fraction of sp³-hybridized carbons (Fsp3) is 0.0500. The van der Waals surface area contributed by atoms with Gasteiger partial charge in [0.15, 0.2) is 0 Å². The van der Waals surface area contributed by atoms with Crippen molar-refractivity contribution in [2.45, 2.75) is 0 Å².